The van der Waals surface area contributed by atoms with Crippen molar-refractivity contribution in [1.29, 1.82) is 0 Å². The number of aliphatic hydroxyl groups excluding tert-OH is 1. The van der Waals surface area contributed by atoms with E-state index in [1.165, 1.54) is 6.92 Å². The molecule has 4 N–H and O–H groups in total. The van der Waals surface area contributed by atoms with Crippen LogP contribution in [0, 0.1) is 0 Å². The van der Waals surface area contributed by atoms with E-state index in [0.29, 0.717) is 12.5 Å². The predicted octanol–water partition coefficient (Wildman–Crippen LogP) is 1.18. The fourth-order valence-electron chi connectivity index (χ4n) is 2.23. The maximum Gasteiger partial charge on any atom is 0.318 e. The van der Waals surface area contributed by atoms with E-state index in [-0.39, 0.29) is 6.04 Å². The second-order valence-corrected chi connectivity index (χ2v) is 7.15. The standard InChI is InChI=1S/C15H24N4O3S/c1-8(2)14-17-10(7-23-14)6-19(11-4-5-11)15(22)18-12(9(3)20)13(16)21/h7-9,11-12,20H,4-6H2,1-3H3,(H2,16,21)(H,18,22). The van der Waals surface area contributed by atoms with Crippen LogP contribution in [-0.2, 0) is 11.3 Å². The van der Waals surface area contributed by atoms with Gasteiger partial charge in [0, 0.05) is 17.3 Å². The Hall–Kier alpha value is -1.67. The molecule has 0 radical (unpaired) electrons. The van der Waals surface area contributed by atoms with Crippen LogP contribution in [-0.4, -0.2) is 45.1 Å². The topological polar surface area (TPSA) is 109 Å². The highest BCUT2D eigenvalue weighted by molar-refractivity contribution is 7.09. The molecular formula is C15H24N4O3S. The molecule has 0 saturated heterocycles. The fraction of sp³-hybridized carbons (Fsp3) is 0.667. The molecule has 1 aromatic heterocycles. The van der Waals surface area contributed by atoms with Gasteiger partial charge in [-0.1, -0.05) is 13.8 Å². The van der Waals surface area contributed by atoms with Crippen molar-refractivity contribution >= 4 is 23.3 Å². The van der Waals surface area contributed by atoms with Gasteiger partial charge < -0.3 is 21.1 Å². The van der Waals surface area contributed by atoms with Crippen molar-refractivity contribution in [1.82, 2.24) is 15.2 Å². The summed E-state index contributed by atoms with van der Waals surface area (Å²) in [5.41, 5.74) is 6.07. The van der Waals surface area contributed by atoms with E-state index in [4.69, 9.17) is 5.73 Å². The molecule has 2 unspecified atom stereocenters. The number of aliphatic hydroxyl groups is 1. The molecule has 0 bridgehead atoms. The van der Waals surface area contributed by atoms with Crippen LogP contribution in [0.15, 0.2) is 5.38 Å². The molecule has 0 spiro atoms. The first-order valence-corrected chi connectivity index (χ1v) is 8.66. The van der Waals surface area contributed by atoms with E-state index in [1.807, 2.05) is 5.38 Å². The molecule has 2 rings (SSSR count). The van der Waals surface area contributed by atoms with Crippen molar-refractivity contribution in [2.75, 3.05) is 0 Å². The van der Waals surface area contributed by atoms with Crippen LogP contribution in [0.5, 0.6) is 0 Å². The van der Waals surface area contributed by atoms with Crippen LogP contribution < -0.4 is 11.1 Å². The van der Waals surface area contributed by atoms with E-state index < -0.39 is 24.1 Å². The van der Waals surface area contributed by atoms with Gasteiger partial charge in [-0.3, -0.25) is 4.79 Å². The zero-order valence-corrected chi connectivity index (χ0v) is 14.5. The van der Waals surface area contributed by atoms with Gasteiger partial charge in [0.25, 0.3) is 0 Å². The Labute approximate surface area is 139 Å². The Morgan fingerprint density at radius 3 is 2.57 bits per heavy atom. The third kappa shape index (κ3) is 4.65. The second-order valence-electron chi connectivity index (χ2n) is 6.26. The smallest absolute Gasteiger partial charge is 0.318 e. The first-order chi connectivity index (χ1) is 10.8. The number of carbonyl (C=O) groups is 2. The van der Waals surface area contributed by atoms with Gasteiger partial charge in [0.2, 0.25) is 5.91 Å². The van der Waals surface area contributed by atoms with Crippen molar-refractivity contribution < 1.29 is 14.7 Å². The van der Waals surface area contributed by atoms with E-state index in [2.05, 4.69) is 24.1 Å². The lowest BCUT2D eigenvalue weighted by atomic mass is 10.2. The number of nitrogens with zero attached hydrogens (tertiary/aromatic N) is 2. The molecule has 1 saturated carbocycles. The Morgan fingerprint density at radius 1 is 1.48 bits per heavy atom. The summed E-state index contributed by atoms with van der Waals surface area (Å²) < 4.78 is 0. The Morgan fingerprint density at radius 2 is 2.13 bits per heavy atom. The third-order valence-corrected chi connectivity index (χ3v) is 4.91. The van der Waals surface area contributed by atoms with E-state index in [9.17, 15) is 14.7 Å². The van der Waals surface area contributed by atoms with Crippen molar-refractivity contribution in [3.05, 3.63) is 16.1 Å². The molecule has 0 aliphatic heterocycles. The van der Waals surface area contributed by atoms with Gasteiger partial charge >= 0.3 is 6.03 Å². The van der Waals surface area contributed by atoms with E-state index in [1.54, 1.807) is 16.2 Å². The van der Waals surface area contributed by atoms with Crippen molar-refractivity contribution in [3.8, 4) is 0 Å². The van der Waals surface area contributed by atoms with Crippen molar-refractivity contribution in [2.24, 2.45) is 5.73 Å². The summed E-state index contributed by atoms with van der Waals surface area (Å²) in [6.45, 7) is 5.97. The summed E-state index contributed by atoms with van der Waals surface area (Å²) >= 11 is 1.58. The summed E-state index contributed by atoms with van der Waals surface area (Å²) in [6.07, 6.45) is 0.832. The molecule has 1 aliphatic carbocycles. The van der Waals surface area contributed by atoms with Crippen LogP contribution >= 0.6 is 11.3 Å². The van der Waals surface area contributed by atoms with Crippen LogP contribution in [0.2, 0.25) is 0 Å². The normalized spacial score (nSPS) is 16.9. The Kier molecular flexibility index (Phi) is 5.59. The molecule has 1 fully saturated rings. The monoisotopic (exact) mass is 340 g/mol. The van der Waals surface area contributed by atoms with E-state index >= 15 is 0 Å². The van der Waals surface area contributed by atoms with Gasteiger partial charge in [-0.25, -0.2) is 9.78 Å². The Balaban J connectivity index is 2.05. The summed E-state index contributed by atoms with van der Waals surface area (Å²) in [5, 5.41) is 15.1. The lowest BCUT2D eigenvalue weighted by Gasteiger charge is -2.26. The summed E-state index contributed by atoms with van der Waals surface area (Å²) in [5.74, 6) is -0.397. The lowest BCUT2D eigenvalue weighted by Crippen LogP contribution is -2.54. The lowest BCUT2D eigenvalue weighted by molar-refractivity contribution is -0.122. The van der Waals surface area contributed by atoms with Gasteiger partial charge in [0.1, 0.15) is 6.04 Å². The molecule has 1 aromatic rings. The molecule has 1 heterocycles. The number of carbonyl (C=O) groups excluding carboxylic acids is 2. The largest absolute Gasteiger partial charge is 0.391 e. The summed E-state index contributed by atoms with van der Waals surface area (Å²) in [7, 11) is 0. The minimum atomic E-state index is -1.09. The minimum absolute atomic E-state index is 0.154. The highest BCUT2D eigenvalue weighted by Crippen LogP contribution is 2.29. The first kappa shape index (κ1) is 17.7. The zero-order valence-electron chi connectivity index (χ0n) is 13.7. The zero-order chi connectivity index (χ0) is 17.1. The number of nitrogens with two attached hydrogens (primary N) is 1. The molecule has 3 amide bonds. The third-order valence-electron chi connectivity index (χ3n) is 3.71. The number of hydrogen-bond acceptors (Lipinski definition) is 5. The second kappa shape index (κ2) is 7.27. The number of urea groups is 1. The van der Waals surface area contributed by atoms with Crippen molar-refractivity contribution in [2.45, 2.75) is 64.3 Å². The molecule has 1 aliphatic rings. The number of aromatic nitrogens is 1. The van der Waals surface area contributed by atoms with Crippen LogP contribution in [0.4, 0.5) is 4.79 Å². The van der Waals surface area contributed by atoms with Gasteiger partial charge in [0.05, 0.1) is 23.4 Å². The maximum absolute atomic E-state index is 12.5. The van der Waals surface area contributed by atoms with Crippen LogP contribution in [0.3, 0.4) is 0 Å². The highest BCUT2D eigenvalue weighted by atomic mass is 32.1. The van der Waals surface area contributed by atoms with E-state index in [0.717, 1.165) is 23.5 Å². The van der Waals surface area contributed by atoms with Gasteiger partial charge in [0.15, 0.2) is 0 Å². The number of nitrogens with one attached hydrogen (secondary N) is 1. The molecule has 128 valence electrons. The average Bonchev–Trinajstić information content (AvgIpc) is 3.19. The molecule has 8 heteroatoms. The SMILES string of the molecule is CC(C)c1nc(CN(C(=O)NC(C(N)=O)C(C)O)C2CC2)cs1. The average molecular weight is 340 g/mol. The predicted molar refractivity (Wildman–Crippen MR) is 88.0 cm³/mol. The number of primary amides is 1. The Bertz CT molecular complexity index is 569. The number of rotatable bonds is 7. The van der Waals surface area contributed by atoms with Crippen LogP contribution in [0.25, 0.3) is 0 Å². The molecular weight excluding hydrogens is 316 g/mol. The fourth-order valence-corrected chi connectivity index (χ4v) is 3.06. The van der Waals surface area contributed by atoms with Gasteiger partial charge in [-0.15, -0.1) is 11.3 Å². The minimum Gasteiger partial charge on any atom is -0.391 e. The summed E-state index contributed by atoms with van der Waals surface area (Å²) in [4.78, 5) is 30.0. The molecule has 7 nitrogen and oxygen atoms in total. The number of thiazole rings is 1. The summed E-state index contributed by atoms with van der Waals surface area (Å²) in [6, 6.07) is -1.33. The molecule has 23 heavy (non-hydrogen) atoms. The number of amides is 3. The van der Waals surface area contributed by atoms with Gasteiger partial charge in [-0.2, -0.15) is 0 Å². The number of hydrogen-bond donors (Lipinski definition) is 3. The quantitative estimate of drug-likeness (QED) is 0.692. The maximum atomic E-state index is 12.5. The molecule has 0 aromatic carbocycles. The molecule has 2 atom stereocenters. The van der Waals surface area contributed by atoms with Gasteiger partial charge in [-0.05, 0) is 19.8 Å². The van der Waals surface area contributed by atoms with Crippen molar-refractivity contribution in [3.63, 3.8) is 0 Å². The highest BCUT2D eigenvalue weighted by Gasteiger charge is 2.35. The van der Waals surface area contributed by atoms with Crippen LogP contribution in [0.1, 0.15) is 50.2 Å². The first-order valence-electron chi connectivity index (χ1n) is 7.78.